The van der Waals surface area contributed by atoms with Crippen LogP contribution in [0.15, 0.2) is 48.5 Å². The first-order chi connectivity index (χ1) is 17.3. The summed E-state index contributed by atoms with van der Waals surface area (Å²) in [4.78, 5) is 0. The maximum absolute atomic E-state index is 10.6. The lowest BCUT2D eigenvalue weighted by atomic mass is 9.80. The second kappa shape index (κ2) is 11.9. The van der Waals surface area contributed by atoms with Crippen LogP contribution < -0.4 is 0 Å². The second-order valence-electron chi connectivity index (χ2n) is 11.0. The van der Waals surface area contributed by atoms with Crippen LogP contribution in [0.25, 0.3) is 11.1 Å². The fraction of sp³-hybridized carbons (Fsp3) is 0.455. The fourth-order valence-corrected chi connectivity index (χ4v) is 6.03. The molecule has 3 aromatic carbocycles. The minimum atomic E-state index is 0.329. The topological polar surface area (TPSA) is 60.7 Å². The van der Waals surface area contributed by atoms with Crippen molar-refractivity contribution in [3.63, 3.8) is 0 Å². The Morgan fingerprint density at radius 3 is 1.28 bits per heavy atom. The van der Waals surface area contributed by atoms with E-state index in [1.165, 1.54) is 80.9 Å². The molecule has 0 spiro atoms. The van der Waals surface area contributed by atoms with Crippen LogP contribution in [0, 0.1) is 20.8 Å². The van der Waals surface area contributed by atoms with Crippen LogP contribution in [-0.4, -0.2) is 15.3 Å². The Morgan fingerprint density at radius 2 is 0.917 bits per heavy atom. The van der Waals surface area contributed by atoms with Gasteiger partial charge in [-0.2, -0.15) is 0 Å². The summed E-state index contributed by atoms with van der Waals surface area (Å²) < 4.78 is 0. The molecule has 2 aliphatic rings. The first-order valence-electron chi connectivity index (χ1n) is 13.8. The van der Waals surface area contributed by atoms with Gasteiger partial charge in [-0.15, -0.1) is 0 Å². The molecule has 0 aliphatic heterocycles. The minimum Gasteiger partial charge on any atom is -0.508 e. The smallest absolute Gasteiger partial charge is 0.119 e. The fourth-order valence-electron chi connectivity index (χ4n) is 6.03. The van der Waals surface area contributed by atoms with Crippen molar-refractivity contribution in [1.82, 2.24) is 0 Å². The van der Waals surface area contributed by atoms with Crippen LogP contribution in [0.5, 0.6) is 17.2 Å². The number of rotatable bonds is 3. The maximum atomic E-state index is 10.6. The summed E-state index contributed by atoms with van der Waals surface area (Å²) in [7, 11) is 0. The van der Waals surface area contributed by atoms with Crippen molar-refractivity contribution >= 4 is 0 Å². The van der Waals surface area contributed by atoms with E-state index in [-0.39, 0.29) is 0 Å². The van der Waals surface area contributed by atoms with Crippen LogP contribution in [0.4, 0.5) is 0 Å². The Morgan fingerprint density at radius 1 is 0.528 bits per heavy atom. The van der Waals surface area contributed by atoms with Crippen molar-refractivity contribution < 1.29 is 15.3 Å². The molecule has 0 heterocycles. The van der Waals surface area contributed by atoms with Gasteiger partial charge in [-0.1, -0.05) is 56.2 Å². The molecule has 0 atom stereocenters. The lowest BCUT2D eigenvalue weighted by molar-refractivity contribution is 0.413. The van der Waals surface area contributed by atoms with E-state index in [9.17, 15) is 10.2 Å². The molecule has 3 nitrogen and oxygen atoms in total. The number of hydrogen-bond acceptors (Lipinski definition) is 3. The highest BCUT2D eigenvalue weighted by Crippen LogP contribution is 2.44. The first kappa shape index (κ1) is 26.1. The van der Waals surface area contributed by atoms with Crippen molar-refractivity contribution in [2.24, 2.45) is 0 Å². The number of phenolic OH excluding ortho intramolecular Hbond substituents is 3. The molecule has 0 bridgehead atoms. The van der Waals surface area contributed by atoms with Crippen molar-refractivity contribution in [1.29, 1.82) is 0 Å². The molecular weight excluding hydrogens is 444 g/mol. The second-order valence-corrected chi connectivity index (χ2v) is 11.0. The van der Waals surface area contributed by atoms with Crippen LogP contribution in [0.3, 0.4) is 0 Å². The molecule has 0 unspecified atom stereocenters. The van der Waals surface area contributed by atoms with Crippen LogP contribution in [0.2, 0.25) is 0 Å². The summed E-state index contributed by atoms with van der Waals surface area (Å²) in [6.07, 6.45) is 12.4. The van der Waals surface area contributed by atoms with Crippen molar-refractivity contribution in [3.8, 4) is 28.4 Å². The Hall–Kier alpha value is -2.94. The number of phenols is 3. The molecule has 0 radical (unpaired) electrons. The van der Waals surface area contributed by atoms with Crippen LogP contribution in [-0.2, 0) is 0 Å². The summed E-state index contributed by atoms with van der Waals surface area (Å²) in [5, 5.41) is 30.1. The summed E-state index contributed by atoms with van der Waals surface area (Å²) in [5.74, 6) is 2.19. The largest absolute Gasteiger partial charge is 0.508 e. The third-order valence-electron chi connectivity index (χ3n) is 8.16. The van der Waals surface area contributed by atoms with E-state index in [1.54, 1.807) is 12.1 Å². The number of benzene rings is 3. The van der Waals surface area contributed by atoms with E-state index in [1.807, 2.05) is 31.2 Å². The van der Waals surface area contributed by atoms with Gasteiger partial charge in [0.05, 0.1) is 0 Å². The molecule has 36 heavy (non-hydrogen) atoms. The maximum Gasteiger partial charge on any atom is 0.119 e. The van der Waals surface area contributed by atoms with Gasteiger partial charge in [-0.3, -0.25) is 0 Å². The molecule has 3 heteroatoms. The van der Waals surface area contributed by atoms with E-state index in [0.717, 1.165) is 22.3 Å². The summed E-state index contributed by atoms with van der Waals surface area (Å²) in [6, 6.07) is 15.5. The predicted octanol–water partition coefficient (Wildman–Crippen LogP) is 9.18. The molecule has 0 amide bonds. The number of hydrogen-bond donors (Lipinski definition) is 3. The van der Waals surface area contributed by atoms with Gasteiger partial charge in [0.2, 0.25) is 0 Å². The lowest BCUT2D eigenvalue weighted by Crippen LogP contribution is -2.07. The molecule has 0 saturated heterocycles. The zero-order valence-corrected chi connectivity index (χ0v) is 22.2. The Labute approximate surface area is 216 Å². The molecule has 2 fully saturated rings. The highest BCUT2D eigenvalue weighted by Gasteiger charge is 2.23. The molecule has 2 saturated carbocycles. The highest BCUT2D eigenvalue weighted by molar-refractivity contribution is 5.74. The number of aromatic hydroxyl groups is 3. The normalized spacial score (nSPS) is 16.9. The van der Waals surface area contributed by atoms with Crippen LogP contribution >= 0.6 is 0 Å². The van der Waals surface area contributed by atoms with Gasteiger partial charge in [-0.05, 0) is 128 Å². The van der Waals surface area contributed by atoms with Gasteiger partial charge in [0.1, 0.15) is 17.2 Å². The van der Waals surface area contributed by atoms with E-state index in [0.29, 0.717) is 29.1 Å². The molecule has 2 aliphatic carbocycles. The predicted molar refractivity (Wildman–Crippen MR) is 149 cm³/mol. The van der Waals surface area contributed by atoms with Gasteiger partial charge >= 0.3 is 0 Å². The molecule has 5 rings (SSSR count). The van der Waals surface area contributed by atoms with E-state index < -0.39 is 0 Å². The average Bonchev–Trinajstić information content (AvgIpc) is 2.88. The minimum absolute atomic E-state index is 0.329. The third-order valence-corrected chi connectivity index (χ3v) is 8.16. The SMILES string of the molecule is Cc1cc(O)c(C2CCCCC2)cc1-c1cc(C2CCCCC2)c(O)cc1C.Cc1ccc(O)cc1. The summed E-state index contributed by atoms with van der Waals surface area (Å²) in [5.41, 5.74) is 8.06. The van der Waals surface area contributed by atoms with Gasteiger partial charge in [-0.25, -0.2) is 0 Å². The Kier molecular flexibility index (Phi) is 8.61. The van der Waals surface area contributed by atoms with Crippen molar-refractivity contribution in [2.45, 2.75) is 96.8 Å². The van der Waals surface area contributed by atoms with Gasteiger partial charge in [0.15, 0.2) is 0 Å². The zero-order chi connectivity index (χ0) is 25.7. The van der Waals surface area contributed by atoms with Gasteiger partial charge in [0, 0.05) is 0 Å². The van der Waals surface area contributed by atoms with E-state index >= 15 is 0 Å². The molecule has 192 valence electrons. The van der Waals surface area contributed by atoms with Crippen molar-refractivity contribution in [2.75, 3.05) is 0 Å². The zero-order valence-electron chi connectivity index (χ0n) is 22.2. The summed E-state index contributed by atoms with van der Waals surface area (Å²) >= 11 is 0. The lowest BCUT2D eigenvalue weighted by Gasteiger charge is -2.26. The summed E-state index contributed by atoms with van der Waals surface area (Å²) in [6.45, 7) is 6.16. The first-order valence-corrected chi connectivity index (χ1v) is 13.8. The third kappa shape index (κ3) is 6.24. The monoisotopic (exact) mass is 486 g/mol. The molecule has 0 aromatic heterocycles. The number of aryl methyl sites for hydroxylation is 3. The van der Waals surface area contributed by atoms with Crippen LogP contribution in [0.1, 0.15) is 104 Å². The molecular formula is C33H42O3. The van der Waals surface area contributed by atoms with Gasteiger partial charge < -0.3 is 15.3 Å². The Balaban J connectivity index is 0.000000325. The highest BCUT2D eigenvalue weighted by atomic mass is 16.3. The Bertz CT molecular complexity index is 1060. The standard InChI is InChI=1S/C26H34O2.C7H8O/c1-17-13-25(27)23(19-9-5-3-6-10-19)15-21(17)22-16-24(26(28)14-18(22)2)20-11-7-4-8-12-20;1-6-2-4-7(8)5-3-6/h13-16,19-20,27-28H,3-12H2,1-2H3;2-5,8H,1H3. The quantitative estimate of drug-likeness (QED) is 0.346. The van der Waals surface area contributed by atoms with Gasteiger partial charge in [0.25, 0.3) is 0 Å². The molecule has 3 N–H and O–H groups in total. The van der Waals surface area contributed by atoms with Crippen molar-refractivity contribution in [3.05, 3.63) is 76.3 Å². The van der Waals surface area contributed by atoms with E-state index in [2.05, 4.69) is 26.0 Å². The molecule has 3 aromatic rings. The van der Waals surface area contributed by atoms with E-state index in [4.69, 9.17) is 5.11 Å². The average molecular weight is 487 g/mol.